The first kappa shape index (κ1) is 8.76. The van der Waals surface area contributed by atoms with Crippen LogP contribution in [0.15, 0.2) is 30.3 Å². The highest BCUT2D eigenvalue weighted by Gasteiger charge is 2.23. The van der Waals surface area contributed by atoms with E-state index >= 15 is 0 Å². The molecule has 1 heteroatoms. The second-order valence-corrected chi connectivity index (χ2v) is 4.04. The molecule has 0 unspecified atom stereocenters. The molecule has 0 heterocycles. The summed E-state index contributed by atoms with van der Waals surface area (Å²) in [4.78, 5) is 0. The van der Waals surface area contributed by atoms with Crippen LogP contribution in [0, 0.1) is 5.92 Å². The van der Waals surface area contributed by atoms with Gasteiger partial charge in [0.25, 0.3) is 0 Å². The predicted molar refractivity (Wildman–Crippen MR) is 55.5 cm³/mol. The molecule has 0 amide bonds. The van der Waals surface area contributed by atoms with E-state index < -0.39 is 0 Å². The molecule has 0 aromatic heterocycles. The Morgan fingerprint density at radius 1 is 1.15 bits per heavy atom. The predicted octanol–water partition coefficient (Wildman–Crippen LogP) is 2.36. The van der Waals surface area contributed by atoms with Crippen LogP contribution in [0.4, 0.5) is 0 Å². The van der Waals surface area contributed by atoms with Gasteiger partial charge in [-0.25, -0.2) is 0 Å². The summed E-state index contributed by atoms with van der Waals surface area (Å²) >= 11 is 0. The van der Waals surface area contributed by atoms with Gasteiger partial charge in [-0.2, -0.15) is 0 Å². The number of hydrogen-bond acceptors (Lipinski definition) is 1. The number of nitrogens with two attached hydrogens (primary N) is 1. The number of hydrogen-bond donors (Lipinski definition) is 1. The van der Waals surface area contributed by atoms with Crippen LogP contribution in [0.3, 0.4) is 0 Å². The lowest BCUT2D eigenvalue weighted by atomic mass is 9.95. The van der Waals surface area contributed by atoms with Crippen molar-refractivity contribution >= 4 is 0 Å². The van der Waals surface area contributed by atoms with Crippen LogP contribution in [-0.4, -0.2) is 6.04 Å². The Kier molecular flexibility index (Phi) is 2.65. The minimum atomic E-state index is 0.445. The lowest BCUT2D eigenvalue weighted by Crippen LogP contribution is -2.25. The fourth-order valence-electron chi connectivity index (χ4n) is 2.24. The van der Waals surface area contributed by atoms with Gasteiger partial charge in [-0.1, -0.05) is 36.8 Å². The molecule has 70 valence electrons. The van der Waals surface area contributed by atoms with Gasteiger partial charge in [-0.3, -0.25) is 0 Å². The molecule has 2 N–H and O–H groups in total. The van der Waals surface area contributed by atoms with E-state index in [9.17, 15) is 0 Å². The monoisotopic (exact) mass is 175 g/mol. The van der Waals surface area contributed by atoms with Crippen molar-refractivity contribution in [3.05, 3.63) is 35.9 Å². The van der Waals surface area contributed by atoms with Gasteiger partial charge in [0.05, 0.1) is 0 Å². The summed E-state index contributed by atoms with van der Waals surface area (Å²) in [6, 6.07) is 11.1. The molecule has 1 aliphatic rings. The van der Waals surface area contributed by atoms with Crippen LogP contribution < -0.4 is 5.73 Å². The van der Waals surface area contributed by atoms with E-state index in [1.54, 1.807) is 0 Å². The van der Waals surface area contributed by atoms with Gasteiger partial charge in [-0.15, -0.1) is 0 Å². The first-order valence-corrected chi connectivity index (χ1v) is 5.16. The van der Waals surface area contributed by atoms with Crippen LogP contribution in [0.5, 0.6) is 0 Å². The summed E-state index contributed by atoms with van der Waals surface area (Å²) in [6.07, 6.45) is 5.02. The summed E-state index contributed by atoms with van der Waals surface area (Å²) < 4.78 is 0. The molecule has 0 spiro atoms. The van der Waals surface area contributed by atoms with Crippen molar-refractivity contribution in [1.29, 1.82) is 0 Å². The van der Waals surface area contributed by atoms with E-state index in [1.807, 2.05) is 0 Å². The summed E-state index contributed by atoms with van der Waals surface area (Å²) in [5, 5.41) is 0. The highest BCUT2D eigenvalue weighted by Crippen LogP contribution is 2.27. The molecule has 1 saturated carbocycles. The second-order valence-electron chi connectivity index (χ2n) is 4.04. The zero-order chi connectivity index (χ0) is 9.10. The maximum atomic E-state index is 6.03. The average Bonchev–Trinajstić information content (AvgIpc) is 2.54. The fraction of sp³-hybridized carbons (Fsp3) is 0.500. The SMILES string of the molecule is N[C@H]1CCC[C@@H]1Cc1ccccc1. The van der Waals surface area contributed by atoms with Crippen LogP contribution >= 0.6 is 0 Å². The topological polar surface area (TPSA) is 26.0 Å². The van der Waals surface area contributed by atoms with Crippen LogP contribution in [0.2, 0.25) is 0 Å². The summed E-state index contributed by atoms with van der Waals surface area (Å²) in [6.45, 7) is 0. The van der Waals surface area contributed by atoms with Crippen molar-refractivity contribution in [2.75, 3.05) is 0 Å². The van der Waals surface area contributed by atoms with E-state index in [0.29, 0.717) is 6.04 Å². The molecule has 1 aromatic carbocycles. The Morgan fingerprint density at radius 2 is 1.92 bits per heavy atom. The van der Waals surface area contributed by atoms with Crippen LogP contribution in [-0.2, 0) is 6.42 Å². The third-order valence-electron chi connectivity index (χ3n) is 3.06. The molecule has 0 radical (unpaired) electrons. The van der Waals surface area contributed by atoms with Gasteiger partial charge < -0.3 is 5.73 Å². The van der Waals surface area contributed by atoms with Gasteiger partial charge in [0.15, 0.2) is 0 Å². The summed E-state index contributed by atoms with van der Waals surface area (Å²) in [5.41, 5.74) is 7.46. The zero-order valence-electron chi connectivity index (χ0n) is 7.95. The Hall–Kier alpha value is -0.820. The van der Waals surface area contributed by atoms with E-state index in [0.717, 1.165) is 5.92 Å². The molecule has 1 aromatic rings. The van der Waals surface area contributed by atoms with Crippen molar-refractivity contribution in [1.82, 2.24) is 0 Å². The standard InChI is InChI=1S/C12H17N/c13-12-8-4-7-11(12)9-10-5-2-1-3-6-10/h1-3,5-6,11-12H,4,7-9,13H2/t11-,12+/m1/s1. The molecule has 0 saturated heterocycles. The van der Waals surface area contributed by atoms with Crippen molar-refractivity contribution in [2.24, 2.45) is 11.7 Å². The van der Waals surface area contributed by atoms with E-state index in [-0.39, 0.29) is 0 Å². The lowest BCUT2D eigenvalue weighted by molar-refractivity contribution is 0.479. The number of rotatable bonds is 2. The molecule has 0 bridgehead atoms. The largest absolute Gasteiger partial charge is 0.327 e. The highest BCUT2D eigenvalue weighted by atomic mass is 14.7. The van der Waals surface area contributed by atoms with Crippen molar-refractivity contribution < 1.29 is 0 Å². The van der Waals surface area contributed by atoms with Gasteiger partial charge in [0.2, 0.25) is 0 Å². The Bertz CT molecular complexity index is 255. The lowest BCUT2D eigenvalue weighted by Gasteiger charge is -2.14. The molecule has 13 heavy (non-hydrogen) atoms. The molecule has 0 aliphatic heterocycles. The van der Waals surface area contributed by atoms with Crippen LogP contribution in [0.25, 0.3) is 0 Å². The smallest absolute Gasteiger partial charge is 0.00703 e. The zero-order valence-corrected chi connectivity index (χ0v) is 7.95. The summed E-state index contributed by atoms with van der Waals surface area (Å²) in [5.74, 6) is 0.724. The van der Waals surface area contributed by atoms with Gasteiger partial charge in [0.1, 0.15) is 0 Å². The second kappa shape index (κ2) is 3.93. The van der Waals surface area contributed by atoms with Crippen molar-refractivity contribution in [2.45, 2.75) is 31.7 Å². The number of benzene rings is 1. The Balaban J connectivity index is 1.98. The Labute approximate surface area is 80.0 Å². The summed E-state index contributed by atoms with van der Waals surface area (Å²) in [7, 11) is 0. The van der Waals surface area contributed by atoms with Crippen molar-refractivity contribution in [3.8, 4) is 0 Å². The molecule has 2 rings (SSSR count). The third kappa shape index (κ3) is 2.10. The normalized spacial score (nSPS) is 27.8. The van der Waals surface area contributed by atoms with Gasteiger partial charge in [-0.05, 0) is 30.7 Å². The quantitative estimate of drug-likeness (QED) is 0.733. The van der Waals surface area contributed by atoms with E-state index in [1.165, 1.54) is 31.2 Å². The molecule has 1 aliphatic carbocycles. The Morgan fingerprint density at radius 3 is 2.54 bits per heavy atom. The average molecular weight is 175 g/mol. The molecular weight excluding hydrogens is 158 g/mol. The fourth-order valence-corrected chi connectivity index (χ4v) is 2.24. The minimum absolute atomic E-state index is 0.445. The molecule has 1 nitrogen and oxygen atoms in total. The van der Waals surface area contributed by atoms with E-state index in [2.05, 4.69) is 30.3 Å². The van der Waals surface area contributed by atoms with Crippen molar-refractivity contribution in [3.63, 3.8) is 0 Å². The van der Waals surface area contributed by atoms with Gasteiger partial charge in [0, 0.05) is 6.04 Å². The first-order valence-electron chi connectivity index (χ1n) is 5.16. The van der Waals surface area contributed by atoms with Gasteiger partial charge >= 0.3 is 0 Å². The highest BCUT2D eigenvalue weighted by molar-refractivity contribution is 5.15. The molecular formula is C12H17N. The first-order chi connectivity index (χ1) is 6.36. The molecule has 2 atom stereocenters. The maximum absolute atomic E-state index is 6.03. The maximum Gasteiger partial charge on any atom is 0.00703 e. The molecule has 1 fully saturated rings. The third-order valence-corrected chi connectivity index (χ3v) is 3.06. The van der Waals surface area contributed by atoms with E-state index in [4.69, 9.17) is 5.73 Å². The van der Waals surface area contributed by atoms with Crippen LogP contribution in [0.1, 0.15) is 24.8 Å². The minimum Gasteiger partial charge on any atom is -0.327 e.